The number of nitrogens with one attached hydrogen (secondary N) is 2. The lowest BCUT2D eigenvalue weighted by Gasteiger charge is -2.13. The first-order chi connectivity index (χ1) is 9.72. The molecule has 1 aliphatic rings. The van der Waals surface area contributed by atoms with E-state index in [1.807, 2.05) is 25.2 Å². The molecular formula is C15H22N2O3. The Balaban J connectivity index is 1.87. The lowest BCUT2D eigenvalue weighted by molar-refractivity contribution is -0.121. The molecule has 0 atom stereocenters. The fourth-order valence-corrected chi connectivity index (χ4v) is 1.91. The molecule has 2 rings (SSSR count). The predicted molar refractivity (Wildman–Crippen MR) is 77.0 cm³/mol. The van der Waals surface area contributed by atoms with Crippen molar-refractivity contribution < 1.29 is 14.3 Å². The molecule has 0 aromatic heterocycles. The Morgan fingerprint density at radius 1 is 1.40 bits per heavy atom. The van der Waals surface area contributed by atoms with Gasteiger partial charge >= 0.3 is 0 Å². The smallest absolute Gasteiger partial charge is 0.223 e. The third kappa shape index (κ3) is 4.42. The van der Waals surface area contributed by atoms with Gasteiger partial charge < -0.3 is 20.1 Å². The number of rotatable bonds is 8. The summed E-state index contributed by atoms with van der Waals surface area (Å²) in [6.07, 6.45) is 2.59. The molecule has 1 saturated carbocycles. The summed E-state index contributed by atoms with van der Waals surface area (Å²) >= 11 is 0. The van der Waals surface area contributed by atoms with Crippen LogP contribution in [0.1, 0.15) is 24.8 Å². The maximum Gasteiger partial charge on any atom is 0.223 e. The lowest BCUT2D eigenvalue weighted by atomic mass is 10.2. The second kappa shape index (κ2) is 7.14. The van der Waals surface area contributed by atoms with Gasteiger partial charge in [0.15, 0.2) is 0 Å². The fraction of sp³-hybridized carbons (Fsp3) is 0.533. The second-order valence-electron chi connectivity index (χ2n) is 4.94. The van der Waals surface area contributed by atoms with Crippen molar-refractivity contribution in [1.82, 2.24) is 10.6 Å². The van der Waals surface area contributed by atoms with E-state index in [1.54, 1.807) is 7.11 Å². The second-order valence-corrected chi connectivity index (χ2v) is 4.94. The fourth-order valence-electron chi connectivity index (χ4n) is 1.91. The maximum absolute atomic E-state index is 11.6. The molecule has 5 heteroatoms. The number of carbonyl (C=O) groups is 1. The van der Waals surface area contributed by atoms with Crippen LogP contribution < -0.4 is 20.1 Å². The van der Waals surface area contributed by atoms with Gasteiger partial charge in [-0.25, -0.2) is 0 Å². The molecule has 2 N–H and O–H groups in total. The number of carbonyl (C=O) groups excluding carboxylic acids is 1. The van der Waals surface area contributed by atoms with Gasteiger partial charge in [-0.15, -0.1) is 0 Å². The number of benzene rings is 1. The van der Waals surface area contributed by atoms with E-state index in [0.717, 1.165) is 29.9 Å². The lowest BCUT2D eigenvalue weighted by Crippen LogP contribution is -2.26. The molecule has 1 aromatic rings. The average molecular weight is 278 g/mol. The summed E-state index contributed by atoms with van der Waals surface area (Å²) in [5, 5.41) is 6.04. The van der Waals surface area contributed by atoms with Crippen LogP contribution in [0.15, 0.2) is 18.2 Å². The third-order valence-corrected chi connectivity index (χ3v) is 3.17. The maximum atomic E-state index is 11.6. The van der Waals surface area contributed by atoms with E-state index >= 15 is 0 Å². The Labute approximate surface area is 119 Å². The Bertz CT molecular complexity index is 458. The van der Waals surface area contributed by atoms with Crippen molar-refractivity contribution in [3.05, 3.63) is 23.8 Å². The molecular weight excluding hydrogens is 256 g/mol. The topological polar surface area (TPSA) is 59.6 Å². The van der Waals surface area contributed by atoms with E-state index in [0.29, 0.717) is 25.6 Å². The summed E-state index contributed by atoms with van der Waals surface area (Å²) in [6.45, 7) is 1.09. The van der Waals surface area contributed by atoms with Crippen LogP contribution >= 0.6 is 0 Å². The molecule has 0 bridgehead atoms. The van der Waals surface area contributed by atoms with Gasteiger partial charge in [-0.2, -0.15) is 0 Å². The molecule has 0 heterocycles. The standard InChI is InChI=1S/C15H22N2O3/c1-16-10-11-3-6-13(19-2)9-14(11)20-8-7-15(18)17-12-4-5-12/h3,6,9,12,16H,4-5,7-8,10H2,1-2H3,(H,17,18). The number of amides is 1. The molecule has 0 spiro atoms. The van der Waals surface area contributed by atoms with Crippen LogP contribution in [0.4, 0.5) is 0 Å². The minimum atomic E-state index is 0.0607. The minimum Gasteiger partial charge on any atom is -0.497 e. The van der Waals surface area contributed by atoms with Gasteiger partial charge in [0.1, 0.15) is 11.5 Å². The zero-order valence-corrected chi connectivity index (χ0v) is 12.1. The molecule has 1 amide bonds. The zero-order valence-electron chi connectivity index (χ0n) is 12.1. The summed E-state index contributed by atoms with van der Waals surface area (Å²) in [5.74, 6) is 1.57. The minimum absolute atomic E-state index is 0.0607. The van der Waals surface area contributed by atoms with Crippen molar-refractivity contribution in [3.63, 3.8) is 0 Å². The zero-order chi connectivity index (χ0) is 14.4. The Kier molecular flexibility index (Phi) is 5.24. The monoisotopic (exact) mass is 278 g/mol. The van der Waals surface area contributed by atoms with E-state index in [1.165, 1.54) is 0 Å². The first-order valence-electron chi connectivity index (χ1n) is 6.96. The largest absolute Gasteiger partial charge is 0.497 e. The predicted octanol–water partition coefficient (Wildman–Crippen LogP) is 1.46. The Morgan fingerprint density at radius 3 is 2.85 bits per heavy atom. The molecule has 110 valence electrons. The molecule has 0 radical (unpaired) electrons. The highest BCUT2D eigenvalue weighted by atomic mass is 16.5. The summed E-state index contributed by atoms with van der Waals surface area (Å²) in [6, 6.07) is 6.12. The van der Waals surface area contributed by atoms with Gasteiger partial charge in [-0.3, -0.25) is 4.79 Å². The molecule has 0 unspecified atom stereocenters. The van der Waals surface area contributed by atoms with Gasteiger partial charge in [0.2, 0.25) is 5.91 Å². The average Bonchev–Trinajstić information content (AvgIpc) is 3.24. The molecule has 1 aliphatic carbocycles. The molecule has 1 fully saturated rings. The van der Waals surface area contributed by atoms with Crippen LogP contribution in [0.3, 0.4) is 0 Å². The van der Waals surface area contributed by atoms with E-state index in [2.05, 4.69) is 10.6 Å². The summed E-state index contributed by atoms with van der Waals surface area (Å²) < 4.78 is 10.9. The summed E-state index contributed by atoms with van der Waals surface area (Å²) in [7, 11) is 3.51. The van der Waals surface area contributed by atoms with Crippen molar-refractivity contribution >= 4 is 5.91 Å². The van der Waals surface area contributed by atoms with E-state index in [-0.39, 0.29) is 5.91 Å². The van der Waals surface area contributed by atoms with E-state index in [9.17, 15) is 4.79 Å². The molecule has 0 aliphatic heterocycles. The van der Waals surface area contributed by atoms with Crippen molar-refractivity contribution in [3.8, 4) is 11.5 Å². The quantitative estimate of drug-likeness (QED) is 0.756. The first-order valence-corrected chi connectivity index (χ1v) is 6.96. The highest BCUT2D eigenvalue weighted by Crippen LogP contribution is 2.25. The SMILES string of the molecule is CNCc1ccc(OC)cc1OCCC(=O)NC1CC1. The summed E-state index contributed by atoms with van der Waals surface area (Å²) in [5.41, 5.74) is 1.05. The van der Waals surface area contributed by atoms with E-state index < -0.39 is 0 Å². The van der Waals surface area contributed by atoms with Crippen LogP contribution in [-0.2, 0) is 11.3 Å². The third-order valence-electron chi connectivity index (χ3n) is 3.17. The Hall–Kier alpha value is -1.75. The van der Waals surface area contributed by atoms with Gasteiger partial charge in [0.05, 0.1) is 20.1 Å². The number of methoxy groups -OCH3 is 1. The van der Waals surface area contributed by atoms with E-state index in [4.69, 9.17) is 9.47 Å². The van der Waals surface area contributed by atoms with Gasteiger partial charge in [0.25, 0.3) is 0 Å². The molecule has 5 nitrogen and oxygen atoms in total. The molecule has 0 saturated heterocycles. The van der Waals surface area contributed by atoms with Crippen LogP contribution in [0, 0.1) is 0 Å². The van der Waals surface area contributed by atoms with Crippen molar-refractivity contribution in [2.45, 2.75) is 31.8 Å². The highest BCUT2D eigenvalue weighted by molar-refractivity contribution is 5.76. The molecule has 1 aromatic carbocycles. The number of hydrogen-bond donors (Lipinski definition) is 2. The van der Waals surface area contributed by atoms with Crippen molar-refractivity contribution in [1.29, 1.82) is 0 Å². The van der Waals surface area contributed by atoms with Crippen LogP contribution in [-0.4, -0.2) is 32.7 Å². The van der Waals surface area contributed by atoms with Gasteiger partial charge in [0, 0.05) is 24.2 Å². The van der Waals surface area contributed by atoms with Crippen molar-refractivity contribution in [2.24, 2.45) is 0 Å². The summed E-state index contributed by atoms with van der Waals surface area (Å²) in [4.78, 5) is 11.6. The molecule has 20 heavy (non-hydrogen) atoms. The van der Waals surface area contributed by atoms with Crippen LogP contribution in [0.2, 0.25) is 0 Å². The number of hydrogen-bond acceptors (Lipinski definition) is 4. The Morgan fingerprint density at radius 2 is 2.20 bits per heavy atom. The van der Waals surface area contributed by atoms with Crippen LogP contribution in [0.25, 0.3) is 0 Å². The number of ether oxygens (including phenoxy) is 2. The van der Waals surface area contributed by atoms with Crippen LogP contribution in [0.5, 0.6) is 11.5 Å². The van der Waals surface area contributed by atoms with Gasteiger partial charge in [-0.05, 0) is 26.0 Å². The highest BCUT2D eigenvalue weighted by Gasteiger charge is 2.22. The van der Waals surface area contributed by atoms with Gasteiger partial charge in [-0.1, -0.05) is 6.07 Å². The normalized spacial score (nSPS) is 13.9. The van der Waals surface area contributed by atoms with Crippen molar-refractivity contribution in [2.75, 3.05) is 20.8 Å². The first kappa shape index (κ1) is 14.7.